The van der Waals surface area contributed by atoms with Crippen molar-refractivity contribution in [3.05, 3.63) is 191 Å². The summed E-state index contributed by atoms with van der Waals surface area (Å²) in [5, 5.41) is 2.12. The van der Waals surface area contributed by atoms with E-state index in [2.05, 4.69) is 219 Å². The second kappa shape index (κ2) is 17.3. The van der Waals surface area contributed by atoms with Crippen LogP contribution in [0.1, 0.15) is 121 Å². The van der Waals surface area contributed by atoms with E-state index in [-0.39, 0.29) is 21.7 Å². The van der Waals surface area contributed by atoms with Crippen molar-refractivity contribution in [2.45, 2.75) is 119 Å². The maximum atomic E-state index is 8.69. The number of hydrogen-bond acceptors (Lipinski definition) is 4. The average Bonchev–Trinajstić information content (AvgIpc) is 3.88. The molecule has 0 N–H and O–H groups in total. The number of ether oxygens (including phenoxy) is 1. The van der Waals surface area contributed by atoms with E-state index < -0.39 is 6.85 Å². The molecule has 5 nitrogen and oxygen atoms in total. The normalized spacial score (nSPS) is 14.2. The first-order valence-corrected chi connectivity index (χ1v) is 25.1. The molecule has 10 rings (SSSR count). The van der Waals surface area contributed by atoms with Crippen LogP contribution in [0.3, 0.4) is 0 Å². The Morgan fingerprint density at radius 1 is 0.465 bits per heavy atom. The summed E-state index contributed by atoms with van der Waals surface area (Å²) in [6, 6.07) is 53.8. The SMILES string of the molecule is [2H]C([2H])([2H])c1cc(C(C)(C)C)cc(C)c1-c1ccnc(-n2c3ccc(-c4ccccc4)cc3c3ccc(Oc4cccc(N5CN(c6cc(C(C)(C)C)cc(C(C)(C)C)c6)c6cc(C(C)(C)C)ccc65)c4)cc32)c1. The fraction of sp³-hybridized carbons (Fsp3) is 0.288. The Morgan fingerprint density at radius 2 is 1.13 bits per heavy atom. The molecule has 0 radical (unpaired) electrons. The van der Waals surface area contributed by atoms with Crippen LogP contribution in [-0.4, -0.2) is 16.2 Å². The Morgan fingerprint density at radius 3 is 1.82 bits per heavy atom. The summed E-state index contributed by atoms with van der Waals surface area (Å²) in [4.78, 5) is 9.88. The van der Waals surface area contributed by atoms with Gasteiger partial charge in [-0.25, -0.2) is 4.98 Å². The quantitative estimate of drug-likeness (QED) is 0.159. The third kappa shape index (κ3) is 9.12. The molecule has 0 atom stereocenters. The summed E-state index contributed by atoms with van der Waals surface area (Å²) >= 11 is 0. The molecule has 0 bridgehead atoms. The van der Waals surface area contributed by atoms with Crippen LogP contribution in [0, 0.1) is 13.8 Å². The summed E-state index contributed by atoms with van der Waals surface area (Å²) in [5.74, 6) is 2.08. The maximum absolute atomic E-state index is 8.69. The van der Waals surface area contributed by atoms with Gasteiger partial charge >= 0.3 is 0 Å². The number of benzene rings is 7. The van der Waals surface area contributed by atoms with Crippen LogP contribution < -0.4 is 14.5 Å². The Hall–Kier alpha value is -7.11. The highest BCUT2D eigenvalue weighted by atomic mass is 16.5. The van der Waals surface area contributed by atoms with Crippen molar-refractivity contribution in [3.63, 3.8) is 0 Å². The fourth-order valence-electron chi connectivity index (χ4n) is 10.1. The van der Waals surface area contributed by atoms with Crippen molar-refractivity contribution in [1.29, 1.82) is 0 Å². The molecule has 360 valence electrons. The number of hydrogen-bond donors (Lipinski definition) is 0. The van der Waals surface area contributed by atoms with Gasteiger partial charge in [-0.15, -0.1) is 0 Å². The molecule has 0 unspecified atom stereocenters. The lowest BCUT2D eigenvalue weighted by Crippen LogP contribution is -2.25. The number of pyridine rings is 1. The lowest BCUT2D eigenvalue weighted by Gasteiger charge is -2.29. The Labute approximate surface area is 427 Å². The first kappa shape index (κ1) is 43.9. The van der Waals surface area contributed by atoms with Crippen molar-refractivity contribution < 1.29 is 8.85 Å². The van der Waals surface area contributed by atoms with Crippen molar-refractivity contribution in [2.75, 3.05) is 16.5 Å². The molecule has 0 aliphatic carbocycles. The van der Waals surface area contributed by atoms with E-state index in [0.29, 0.717) is 29.4 Å². The van der Waals surface area contributed by atoms with E-state index >= 15 is 0 Å². The molecule has 0 saturated carbocycles. The first-order valence-electron chi connectivity index (χ1n) is 26.6. The minimum Gasteiger partial charge on any atom is -0.457 e. The van der Waals surface area contributed by atoms with Gasteiger partial charge in [-0.2, -0.15) is 0 Å². The van der Waals surface area contributed by atoms with Crippen LogP contribution in [-0.2, 0) is 21.7 Å². The van der Waals surface area contributed by atoms with Gasteiger partial charge in [-0.05, 0) is 164 Å². The number of nitrogens with zero attached hydrogens (tertiary/aromatic N) is 4. The predicted octanol–water partition coefficient (Wildman–Crippen LogP) is 18.4. The number of aromatic nitrogens is 2. The van der Waals surface area contributed by atoms with Crippen LogP contribution in [0.4, 0.5) is 22.7 Å². The van der Waals surface area contributed by atoms with Gasteiger partial charge in [0.25, 0.3) is 0 Å². The molecule has 0 saturated heterocycles. The number of fused-ring (bicyclic) bond motifs is 4. The first-order chi connectivity index (χ1) is 34.7. The lowest BCUT2D eigenvalue weighted by molar-refractivity contribution is 0.483. The molecule has 0 amide bonds. The van der Waals surface area contributed by atoms with Crippen molar-refractivity contribution >= 4 is 44.6 Å². The third-order valence-electron chi connectivity index (χ3n) is 14.3. The van der Waals surface area contributed by atoms with Crippen LogP contribution in [0.15, 0.2) is 158 Å². The van der Waals surface area contributed by atoms with Crippen LogP contribution >= 0.6 is 0 Å². The van der Waals surface area contributed by atoms with E-state index in [1.807, 2.05) is 37.3 Å². The zero-order chi connectivity index (χ0) is 52.9. The molecule has 5 heteroatoms. The summed E-state index contributed by atoms with van der Waals surface area (Å²) in [6.45, 7) is 27.3. The molecule has 71 heavy (non-hydrogen) atoms. The Kier molecular flexibility index (Phi) is 10.7. The van der Waals surface area contributed by atoms with Gasteiger partial charge in [0.1, 0.15) is 24.0 Å². The molecule has 9 aromatic rings. The third-order valence-corrected chi connectivity index (χ3v) is 14.3. The molecular weight excluding hydrogens is 865 g/mol. The van der Waals surface area contributed by atoms with Crippen molar-refractivity contribution in [2.24, 2.45) is 0 Å². The molecular formula is C66H70N4O. The largest absolute Gasteiger partial charge is 0.457 e. The highest BCUT2D eigenvalue weighted by molar-refractivity contribution is 6.11. The van der Waals surface area contributed by atoms with Gasteiger partial charge in [0.2, 0.25) is 0 Å². The minimum absolute atomic E-state index is 0.0241. The maximum Gasteiger partial charge on any atom is 0.138 e. The smallest absolute Gasteiger partial charge is 0.138 e. The van der Waals surface area contributed by atoms with Gasteiger partial charge < -0.3 is 14.5 Å². The Bertz CT molecular complexity index is 3580. The van der Waals surface area contributed by atoms with Gasteiger partial charge in [0, 0.05) is 44.6 Å². The summed E-state index contributed by atoms with van der Waals surface area (Å²) in [7, 11) is 0. The zero-order valence-electron chi connectivity index (χ0n) is 46.9. The highest BCUT2D eigenvalue weighted by Gasteiger charge is 2.32. The van der Waals surface area contributed by atoms with Crippen LogP contribution in [0.25, 0.3) is 49.9 Å². The fourth-order valence-corrected chi connectivity index (χ4v) is 10.1. The molecule has 3 heterocycles. The van der Waals surface area contributed by atoms with E-state index in [1.165, 1.54) is 28.1 Å². The standard InChI is InChI=1S/C66H70N4O/c1-42-31-48(64(6,7)8)32-43(2)62(42)46-29-30-67-61(34-46)70-57-27-23-45(44-19-16-15-17-20-44)33-56(57)55-26-25-54(40-59(55)70)71-53-22-18-21-51(39-53)68-41-69(60-38-47(63(3,4)5)24-28-58(60)68)52-36-49(65(9,10)11)35-50(37-52)66(12,13)14/h15-40H,41H2,1-14H3/i1D3. The number of rotatable bonds is 7. The van der Waals surface area contributed by atoms with Gasteiger partial charge in [0.15, 0.2) is 0 Å². The van der Waals surface area contributed by atoms with Gasteiger partial charge in [0.05, 0.1) is 22.4 Å². The van der Waals surface area contributed by atoms with E-state index in [1.54, 1.807) is 6.20 Å². The van der Waals surface area contributed by atoms with E-state index in [0.717, 1.165) is 66.7 Å². The topological polar surface area (TPSA) is 33.5 Å². The monoisotopic (exact) mass is 938 g/mol. The van der Waals surface area contributed by atoms with Crippen LogP contribution in [0.2, 0.25) is 0 Å². The molecule has 2 aromatic heterocycles. The minimum atomic E-state index is -2.32. The molecule has 0 fully saturated rings. The summed E-state index contributed by atoms with van der Waals surface area (Å²) in [5.41, 5.74) is 16.1. The summed E-state index contributed by atoms with van der Waals surface area (Å²) < 4.78 is 35.1. The van der Waals surface area contributed by atoms with Crippen molar-refractivity contribution in [1.82, 2.24) is 9.55 Å². The average molecular weight is 938 g/mol. The number of anilines is 4. The zero-order valence-corrected chi connectivity index (χ0v) is 43.9. The molecule has 7 aromatic carbocycles. The van der Waals surface area contributed by atoms with E-state index in [9.17, 15) is 0 Å². The second-order valence-corrected chi connectivity index (χ2v) is 23.8. The van der Waals surface area contributed by atoms with Crippen molar-refractivity contribution in [3.8, 4) is 39.6 Å². The van der Waals surface area contributed by atoms with Crippen LogP contribution in [0.5, 0.6) is 11.5 Å². The molecule has 1 aliphatic rings. The molecule has 1 aliphatic heterocycles. The van der Waals surface area contributed by atoms with Gasteiger partial charge in [-0.1, -0.05) is 150 Å². The Balaban J connectivity index is 1.07. The second-order valence-electron chi connectivity index (χ2n) is 23.8. The lowest BCUT2D eigenvalue weighted by atomic mass is 9.80. The summed E-state index contributed by atoms with van der Waals surface area (Å²) in [6.07, 6.45) is 1.79. The highest BCUT2D eigenvalue weighted by Crippen LogP contribution is 2.48. The predicted molar refractivity (Wildman–Crippen MR) is 302 cm³/mol. The number of aryl methyl sites for hydroxylation is 2. The van der Waals surface area contributed by atoms with Gasteiger partial charge in [-0.3, -0.25) is 4.57 Å². The molecule has 0 spiro atoms. The van der Waals surface area contributed by atoms with E-state index in [4.69, 9.17) is 13.8 Å².